The Bertz CT molecular complexity index is 777. The van der Waals surface area contributed by atoms with Gasteiger partial charge in [0.15, 0.2) is 10.7 Å². The first-order valence-electron chi connectivity index (χ1n) is 6.16. The average molecular weight is 283 g/mol. The maximum Gasteiger partial charge on any atom is 0.227 e. The highest BCUT2D eigenvalue weighted by molar-refractivity contribution is 7.80. The van der Waals surface area contributed by atoms with Gasteiger partial charge in [0.25, 0.3) is 0 Å². The number of rotatable bonds is 2. The summed E-state index contributed by atoms with van der Waals surface area (Å²) in [5, 5.41) is 3.11. The smallest absolute Gasteiger partial charge is 0.227 e. The van der Waals surface area contributed by atoms with Crippen molar-refractivity contribution in [3.8, 4) is 11.5 Å². The highest BCUT2D eigenvalue weighted by Gasteiger charge is 2.08. The van der Waals surface area contributed by atoms with Crippen LogP contribution in [0.25, 0.3) is 22.6 Å². The van der Waals surface area contributed by atoms with Gasteiger partial charge in [0.05, 0.1) is 0 Å². The molecule has 0 bridgehead atoms. The monoisotopic (exact) mass is 283 g/mol. The molecule has 0 saturated carbocycles. The third-order valence-electron chi connectivity index (χ3n) is 2.95. The molecule has 4 nitrogen and oxygen atoms in total. The molecular weight excluding hydrogens is 270 g/mol. The van der Waals surface area contributed by atoms with Crippen molar-refractivity contribution in [3.05, 3.63) is 48.0 Å². The van der Waals surface area contributed by atoms with Crippen molar-refractivity contribution < 1.29 is 4.42 Å². The fourth-order valence-corrected chi connectivity index (χ4v) is 2.08. The topological polar surface area (TPSA) is 64.1 Å². The number of nitrogens with zero attached hydrogens (tertiary/aromatic N) is 1. The second-order valence-electron chi connectivity index (χ2n) is 4.56. The Morgan fingerprint density at radius 3 is 2.65 bits per heavy atom. The van der Waals surface area contributed by atoms with E-state index in [1.165, 1.54) is 5.56 Å². The van der Waals surface area contributed by atoms with E-state index in [-0.39, 0.29) is 5.11 Å². The normalized spacial score (nSPS) is 10.7. The van der Waals surface area contributed by atoms with Gasteiger partial charge in [-0.15, -0.1) is 0 Å². The standard InChI is InChI=1S/C15H13N3OS/c1-9-2-4-10(5-3-9)14-18-12-8-11(17-15(16)20)6-7-13(12)19-14/h2-8H,1H3,(H3,16,17,20). The number of benzene rings is 2. The predicted molar refractivity (Wildman–Crippen MR) is 84.6 cm³/mol. The van der Waals surface area contributed by atoms with Gasteiger partial charge in [-0.1, -0.05) is 17.7 Å². The quantitative estimate of drug-likeness (QED) is 0.705. The van der Waals surface area contributed by atoms with Gasteiger partial charge < -0.3 is 15.5 Å². The first kappa shape index (κ1) is 12.6. The maximum atomic E-state index is 5.75. The summed E-state index contributed by atoms with van der Waals surface area (Å²) in [5.74, 6) is 0.604. The lowest BCUT2D eigenvalue weighted by atomic mass is 10.1. The average Bonchev–Trinajstić information content (AvgIpc) is 2.81. The van der Waals surface area contributed by atoms with Gasteiger partial charge in [-0.2, -0.15) is 0 Å². The van der Waals surface area contributed by atoms with Gasteiger partial charge >= 0.3 is 0 Å². The molecule has 0 aliphatic carbocycles. The second kappa shape index (κ2) is 4.94. The lowest BCUT2D eigenvalue weighted by Crippen LogP contribution is -2.18. The predicted octanol–water partition coefficient (Wildman–Crippen LogP) is 3.46. The number of anilines is 1. The number of nitrogens with one attached hydrogen (secondary N) is 1. The van der Waals surface area contributed by atoms with Gasteiger partial charge in [-0.25, -0.2) is 4.98 Å². The molecular formula is C15H13N3OS. The Hall–Kier alpha value is -2.40. The van der Waals surface area contributed by atoms with E-state index in [0.29, 0.717) is 5.89 Å². The first-order chi connectivity index (χ1) is 9.61. The molecule has 100 valence electrons. The molecule has 0 saturated heterocycles. The Morgan fingerprint density at radius 2 is 1.95 bits per heavy atom. The number of aromatic nitrogens is 1. The van der Waals surface area contributed by atoms with Gasteiger partial charge in [-0.3, -0.25) is 0 Å². The van der Waals surface area contributed by atoms with Crippen LogP contribution in [0.15, 0.2) is 46.9 Å². The van der Waals surface area contributed by atoms with Crippen molar-refractivity contribution in [2.75, 3.05) is 5.32 Å². The van der Waals surface area contributed by atoms with Gasteiger partial charge in [0.1, 0.15) is 5.52 Å². The summed E-state index contributed by atoms with van der Waals surface area (Å²) in [5.41, 5.74) is 9.91. The van der Waals surface area contributed by atoms with Crippen molar-refractivity contribution in [2.24, 2.45) is 5.73 Å². The molecule has 1 aromatic heterocycles. The molecule has 0 aliphatic rings. The van der Waals surface area contributed by atoms with Crippen LogP contribution in [0.2, 0.25) is 0 Å². The molecule has 3 aromatic rings. The van der Waals surface area contributed by atoms with E-state index in [4.69, 9.17) is 22.4 Å². The Morgan fingerprint density at radius 1 is 1.20 bits per heavy atom. The van der Waals surface area contributed by atoms with Crippen molar-refractivity contribution in [3.63, 3.8) is 0 Å². The molecule has 0 atom stereocenters. The van der Waals surface area contributed by atoms with E-state index in [1.807, 2.05) is 49.4 Å². The summed E-state index contributed by atoms with van der Waals surface area (Å²) in [6, 6.07) is 13.6. The molecule has 0 amide bonds. The highest BCUT2D eigenvalue weighted by Crippen LogP contribution is 2.26. The fourth-order valence-electron chi connectivity index (χ4n) is 1.97. The Balaban J connectivity index is 2.01. The minimum Gasteiger partial charge on any atom is -0.436 e. The summed E-state index contributed by atoms with van der Waals surface area (Å²) in [6.45, 7) is 2.05. The summed E-state index contributed by atoms with van der Waals surface area (Å²) in [6.07, 6.45) is 0. The molecule has 0 fully saturated rings. The van der Waals surface area contributed by atoms with Crippen LogP contribution in [-0.2, 0) is 0 Å². The second-order valence-corrected chi connectivity index (χ2v) is 5.00. The summed E-state index contributed by atoms with van der Waals surface area (Å²) in [4.78, 5) is 4.49. The SMILES string of the molecule is Cc1ccc(-c2nc3cc(NC(N)=S)ccc3o2)cc1. The largest absolute Gasteiger partial charge is 0.436 e. The van der Waals surface area contributed by atoms with Crippen molar-refractivity contribution in [1.82, 2.24) is 4.98 Å². The van der Waals surface area contributed by atoms with E-state index < -0.39 is 0 Å². The van der Waals surface area contributed by atoms with Gasteiger partial charge in [0.2, 0.25) is 5.89 Å². The van der Waals surface area contributed by atoms with Crippen LogP contribution >= 0.6 is 12.2 Å². The van der Waals surface area contributed by atoms with Crippen molar-refractivity contribution in [1.29, 1.82) is 0 Å². The van der Waals surface area contributed by atoms with E-state index >= 15 is 0 Å². The van der Waals surface area contributed by atoms with Crippen LogP contribution in [0.4, 0.5) is 5.69 Å². The maximum absolute atomic E-state index is 5.75. The van der Waals surface area contributed by atoms with E-state index in [9.17, 15) is 0 Å². The number of hydrogen-bond donors (Lipinski definition) is 2. The van der Waals surface area contributed by atoms with Crippen LogP contribution in [0.5, 0.6) is 0 Å². The van der Waals surface area contributed by atoms with Crippen LogP contribution in [-0.4, -0.2) is 10.1 Å². The van der Waals surface area contributed by atoms with E-state index in [0.717, 1.165) is 22.4 Å². The molecule has 1 heterocycles. The van der Waals surface area contributed by atoms with E-state index in [2.05, 4.69) is 10.3 Å². The van der Waals surface area contributed by atoms with Crippen molar-refractivity contribution >= 4 is 34.1 Å². The van der Waals surface area contributed by atoms with Crippen LogP contribution in [0, 0.1) is 6.92 Å². The Kier molecular flexibility index (Phi) is 3.12. The van der Waals surface area contributed by atoms with E-state index in [1.54, 1.807) is 0 Å². The fraction of sp³-hybridized carbons (Fsp3) is 0.0667. The lowest BCUT2D eigenvalue weighted by Gasteiger charge is -2.01. The molecule has 20 heavy (non-hydrogen) atoms. The number of hydrogen-bond acceptors (Lipinski definition) is 3. The number of aryl methyl sites for hydroxylation is 1. The molecule has 3 rings (SSSR count). The van der Waals surface area contributed by atoms with Crippen LogP contribution in [0.3, 0.4) is 0 Å². The number of oxazole rings is 1. The Labute approximate surface area is 121 Å². The summed E-state index contributed by atoms with van der Waals surface area (Å²) in [7, 11) is 0. The molecule has 0 unspecified atom stereocenters. The summed E-state index contributed by atoms with van der Waals surface area (Å²) >= 11 is 4.82. The number of nitrogens with two attached hydrogens (primary N) is 1. The molecule has 0 radical (unpaired) electrons. The zero-order chi connectivity index (χ0) is 14.1. The molecule has 5 heteroatoms. The summed E-state index contributed by atoms with van der Waals surface area (Å²) < 4.78 is 5.75. The molecule has 3 N–H and O–H groups in total. The number of thiocarbonyl (C=S) groups is 1. The molecule has 2 aromatic carbocycles. The van der Waals surface area contributed by atoms with Crippen LogP contribution in [0.1, 0.15) is 5.56 Å². The zero-order valence-corrected chi connectivity index (χ0v) is 11.7. The number of fused-ring (bicyclic) bond motifs is 1. The lowest BCUT2D eigenvalue weighted by molar-refractivity contribution is 0.620. The first-order valence-corrected chi connectivity index (χ1v) is 6.57. The van der Waals surface area contributed by atoms with Crippen LogP contribution < -0.4 is 11.1 Å². The minimum absolute atomic E-state index is 0.228. The highest BCUT2D eigenvalue weighted by atomic mass is 32.1. The third-order valence-corrected chi connectivity index (χ3v) is 3.06. The third kappa shape index (κ3) is 2.48. The van der Waals surface area contributed by atoms with Crippen molar-refractivity contribution in [2.45, 2.75) is 6.92 Å². The van der Waals surface area contributed by atoms with Gasteiger partial charge in [0, 0.05) is 11.3 Å². The minimum atomic E-state index is 0.228. The molecule has 0 aliphatic heterocycles. The van der Waals surface area contributed by atoms with Gasteiger partial charge in [-0.05, 0) is 49.5 Å². The molecule has 0 spiro atoms. The zero-order valence-electron chi connectivity index (χ0n) is 10.9.